The molecule has 2 aromatic heterocycles. The van der Waals surface area contributed by atoms with E-state index in [1.165, 1.54) is 23.4 Å². The summed E-state index contributed by atoms with van der Waals surface area (Å²) in [4.78, 5) is 38.5. The van der Waals surface area contributed by atoms with E-state index in [1.807, 2.05) is 0 Å². The third-order valence-corrected chi connectivity index (χ3v) is 7.12. The number of H-pyrrole nitrogens is 1. The largest absolute Gasteiger partial charge is 0.382 e. The average Bonchev–Trinajstić information content (AvgIpc) is 3.46. The molecule has 2 unspecified atom stereocenters. The number of aromatic amines is 1. The van der Waals surface area contributed by atoms with Crippen molar-refractivity contribution in [3.05, 3.63) is 116 Å². The molecule has 2 aliphatic rings. The van der Waals surface area contributed by atoms with Gasteiger partial charge in [0.1, 0.15) is 0 Å². The van der Waals surface area contributed by atoms with Crippen molar-refractivity contribution in [2.45, 2.75) is 32.0 Å². The summed E-state index contributed by atoms with van der Waals surface area (Å²) < 4.78 is 55.8. The van der Waals surface area contributed by atoms with E-state index in [0.717, 1.165) is 0 Å². The van der Waals surface area contributed by atoms with Gasteiger partial charge in [-0.15, -0.1) is 0 Å². The Labute approximate surface area is 230 Å². The smallest absolute Gasteiger partial charge is 0.261 e. The van der Waals surface area contributed by atoms with Crippen LogP contribution in [-0.4, -0.2) is 32.7 Å². The molecule has 2 aliphatic heterocycles. The number of aliphatic hydroxyl groups excluding tert-OH is 1. The second-order valence-corrected chi connectivity index (χ2v) is 9.86. The van der Waals surface area contributed by atoms with Crippen molar-refractivity contribution in [2.75, 3.05) is 10.2 Å². The number of hydrogen-bond acceptors (Lipinski definition) is 6. The number of hydrogen-bond donors (Lipinski definition) is 3. The van der Waals surface area contributed by atoms with Gasteiger partial charge in [0, 0.05) is 47.6 Å². The van der Waals surface area contributed by atoms with Crippen LogP contribution >= 0.6 is 0 Å². The van der Waals surface area contributed by atoms with Crippen molar-refractivity contribution in [3.8, 4) is 0 Å². The second-order valence-electron chi connectivity index (χ2n) is 9.86. The molecule has 0 aliphatic carbocycles. The molecule has 4 heterocycles. The summed E-state index contributed by atoms with van der Waals surface area (Å²) in [5.74, 6) is -6.36. The van der Waals surface area contributed by atoms with E-state index in [1.54, 1.807) is 37.4 Å². The van der Waals surface area contributed by atoms with Gasteiger partial charge in [-0.2, -0.15) is 0 Å². The first-order chi connectivity index (χ1) is 19.6. The zero-order valence-electron chi connectivity index (χ0n) is 21.4. The molecule has 0 fully saturated rings. The number of carbonyl (C=O) groups excluding carboxylic acids is 1. The lowest BCUT2D eigenvalue weighted by molar-refractivity contribution is 0.0935. The van der Waals surface area contributed by atoms with E-state index < -0.39 is 59.0 Å². The van der Waals surface area contributed by atoms with Gasteiger partial charge in [-0.05, 0) is 49.2 Å². The molecule has 41 heavy (non-hydrogen) atoms. The predicted octanol–water partition coefficient (Wildman–Crippen LogP) is 4.70. The van der Waals surface area contributed by atoms with Gasteiger partial charge in [0.25, 0.3) is 11.5 Å². The number of aromatic nitrogens is 2. The van der Waals surface area contributed by atoms with Gasteiger partial charge < -0.3 is 15.4 Å². The number of nitrogens with zero attached hydrogens (tertiary/aromatic N) is 3. The number of rotatable bonds is 6. The van der Waals surface area contributed by atoms with Crippen LogP contribution in [0.1, 0.15) is 45.8 Å². The minimum atomic E-state index is -1.50. The minimum Gasteiger partial charge on any atom is -0.382 e. The number of pyridine rings is 2. The lowest BCUT2D eigenvalue weighted by Gasteiger charge is -2.20. The zero-order chi connectivity index (χ0) is 29.0. The molecule has 0 saturated carbocycles. The Kier molecular flexibility index (Phi) is 6.41. The molecular weight excluding hydrogens is 542 g/mol. The van der Waals surface area contributed by atoms with E-state index >= 15 is 0 Å². The Morgan fingerprint density at radius 1 is 1.12 bits per heavy atom. The molecule has 2 aromatic carbocycles. The fourth-order valence-electron chi connectivity index (χ4n) is 5.25. The third-order valence-electron chi connectivity index (χ3n) is 7.12. The number of nitrogens with one attached hydrogen (secondary N) is 2. The predicted molar refractivity (Wildman–Crippen MR) is 142 cm³/mol. The Bertz CT molecular complexity index is 1780. The number of fused-ring (bicyclic) bond motifs is 2. The van der Waals surface area contributed by atoms with Gasteiger partial charge in [0.15, 0.2) is 29.5 Å². The molecule has 12 heteroatoms. The molecule has 3 N–H and O–H groups in total. The van der Waals surface area contributed by atoms with Crippen LogP contribution in [0.25, 0.3) is 0 Å². The minimum absolute atomic E-state index is 0.149. The van der Waals surface area contributed by atoms with Crippen LogP contribution in [0.2, 0.25) is 0 Å². The van der Waals surface area contributed by atoms with Crippen LogP contribution in [0.15, 0.2) is 64.8 Å². The van der Waals surface area contributed by atoms with Crippen molar-refractivity contribution >= 4 is 28.7 Å². The first-order valence-electron chi connectivity index (χ1n) is 12.6. The van der Waals surface area contributed by atoms with E-state index in [0.29, 0.717) is 33.8 Å². The maximum atomic E-state index is 14.2. The highest BCUT2D eigenvalue weighted by atomic mass is 19.2. The van der Waals surface area contributed by atoms with E-state index in [9.17, 15) is 32.3 Å². The van der Waals surface area contributed by atoms with Gasteiger partial charge in [0.05, 0.1) is 34.5 Å². The SMILES string of the molecule is CC(Cc1c(F)c(F)cc(F)c1F)Nc1cc[nH]c(=O)c1C1=Nc2cc3c(cc2C1)C(=O)N(c1cccnc1)C3O. The van der Waals surface area contributed by atoms with E-state index in [2.05, 4.69) is 20.3 Å². The molecule has 4 aromatic rings. The zero-order valence-corrected chi connectivity index (χ0v) is 21.4. The number of aliphatic imine (C=N–C) groups is 1. The Hall–Kier alpha value is -4.84. The molecule has 0 spiro atoms. The van der Waals surface area contributed by atoms with Gasteiger partial charge in [0.2, 0.25) is 0 Å². The Morgan fingerprint density at radius 3 is 2.59 bits per heavy atom. The lowest BCUT2D eigenvalue weighted by atomic mass is 9.99. The number of anilines is 2. The first-order valence-corrected chi connectivity index (χ1v) is 12.6. The van der Waals surface area contributed by atoms with E-state index in [-0.39, 0.29) is 23.7 Å². The highest BCUT2D eigenvalue weighted by molar-refractivity contribution is 6.13. The standard InChI is InChI=1S/C29H21F4N5O3/c1-13(7-18-25(32)19(30)11-20(31)26(18)33)36-21-4-6-35-27(39)24(21)23-9-14-8-16-17(10-22(14)37-23)29(41)38(28(16)40)15-3-2-5-34-12-15/h2-6,8,10-13,29,41H,7,9H2,1H3,(H2,35,36,39). The van der Waals surface area contributed by atoms with Crippen molar-refractivity contribution in [1.82, 2.24) is 9.97 Å². The van der Waals surface area contributed by atoms with Crippen LogP contribution in [0.5, 0.6) is 0 Å². The summed E-state index contributed by atoms with van der Waals surface area (Å²) in [5, 5.41) is 13.9. The monoisotopic (exact) mass is 563 g/mol. The summed E-state index contributed by atoms with van der Waals surface area (Å²) in [7, 11) is 0. The first kappa shape index (κ1) is 26.4. The maximum Gasteiger partial charge on any atom is 0.261 e. The molecule has 0 bridgehead atoms. The van der Waals surface area contributed by atoms with Crippen LogP contribution in [0.3, 0.4) is 0 Å². The lowest BCUT2D eigenvalue weighted by Crippen LogP contribution is -2.27. The van der Waals surface area contributed by atoms with Crippen molar-refractivity contribution in [3.63, 3.8) is 0 Å². The summed E-state index contributed by atoms with van der Waals surface area (Å²) in [6, 6.07) is 7.50. The van der Waals surface area contributed by atoms with Crippen LogP contribution in [-0.2, 0) is 12.8 Å². The highest BCUT2D eigenvalue weighted by Gasteiger charge is 2.38. The van der Waals surface area contributed by atoms with Gasteiger partial charge in [-0.25, -0.2) is 17.6 Å². The quantitative estimate of drug-likeness (QED) is 0.233. The topological polar surface area (TPSA) is 111 Å². The fraction of sp³-hybridized carbons (Fsp3) is 0.172. The Balaban J connectivity index is 1.29. The van der Waals surface area contributed by atoms with Crippen LogP contribution < -0.4 is 15.8 Å². The van der Waals surface area contributed by atoms with Crippen molar-refractivity contribution in [2.24, 2.45) is 4.99 Å². The number of halogens is 4. The molecule has 2 atom stereocenters. The normalized spacial score (nSPS) is 16.4. The number of amides is 1. The molecule has 8 nitrogen and oxygen atoms in total. The average molecular weight is 564 g/mol. The molecule has 208 valence electrons. The molecule has 0 saturated heterocycles. The van der Waals surface area contributed by atoms with Gasteiger partial charge >= 0.3 is 0 Å². The Morgan fingerprint density at radius 2 is 1.88 bits per heavy atom. The third kappa shape index (κ3) is 4.45. The van der Waals surface area contributed by atoms with Crippen molar-refractivity contribution in [1.29, 1.82) is 0 Å². The molecule has 0 radical (unpaired) electrons. The summed E-state index contributed by atoms with van der Waals surface area (Å²) >= 11 is 0. The fourth-order valence-corrected chi connectivity index (χ4v) is 5.25. The van der Waals surface area contributed by atoms with E-state index in [4.69, 9.17) is 0 Å². The highest BCUT2D eigenvalue weighted by Crippen LogP contribution is 2.41. The molecular formula is C29H21F4N5O3. The van der Waals surface area contributed by atoms with Gasteiger partial charge in [-0.3, -0.25) is 24.5 Å². The molecule has 1 amide bonds. The maximum absolute atomic E-state index is 14.2. The number of aliphatic hydroxyl groups is 1. The summed E-state index contributed by atoms with van der Waals surface area (Å²) in [6.45, 7) is 1.55. The van der Waals surface area contributed by atoms with Crippen LogP contribution in [0, 0.1) is 23.3 Å². The van der Waals surface area contributed by atoms with Crippen LogP contribution in [0.4, 0.5) is 34.6 Å². The summed E-state index contributed by atoms with van der Waals surface area (Å²) in [6.07, 6.45) is 2.93. The number of carbonyl (C=O) groups is 1. The van der Waals surface area contributed by atoms with Crippen molar-refractivity contribution < 1.29 is 27.5 Å². The summed E-state index contributed by atoms with van der Waals surface area (Å²) in [5.41, 5.74) is 1.80. The van der Waals surface area contributed by atoms with Gasteiger partial charge in [-0.1, -0.05) is 0 Å². The second kappa shape index (κ2) is 9.97. The number of benzene rings is 2. The molecule has 6 rings (SSSR count).